The van der Waals surface area contributed by atoms with E-state index in [2.05, 4.69) is 5.32 Å². The number of nitrogens with one attached hydrogen (secondary N) is 1. The van der Waals surface area contributed by atoms with E-state index in [1.165, 1.54) is 11.8 Å². The largest absolute Gasteiger partial charge is 0.354 e. The van der Waals surface area contributed by atoms with E-state index in [1.54, 1.807) is 0 Å². The van der Waals surface area contributed by atoms with E-state index in [0.29, 0.717) is 25.9 Å². The highest BCUT2D eigenvalue weighted by molar-refractivity contribution is 5.87. The highest BCUT2D eigenvalue weighted by atomic mass is 16.2. The summed E-state index contributed by atoms with van der Waals surface area (Å²) in [6.45, 7) is 2.30. The zero-order valence-corrected chi connectivity index (χ0v) is 8.21. The molecule has 1 aliphatic rings. The Bertz CT molecular complexity index is 263. The number of Topliss-reactive ketones (excluding diaryl/α,β-unsaturated/α-hetero) is 1. The summed E-state index contributed by atoms with van der Waals surface area (Å²) in [5.41, 5.74) is 0. The summed E-state index contributed by atoms with van der Waals surface area (Å²) >= 11 is 0. The van der Waals surface area contributed by atoms with E-state index in [4.69, 9.17) is 0 Å². The number of amides is 2. The van der Waals surface area contributed by atoms with Crippen LogP contribution in [0.5, 0.6) is 0 Å². The SMILES string of the molecule is CC(=O)CCN1CC(=O)NCCC1=O. The van der Waals surface area contributed by atoms with Crippen LogP contribution in [0.2, 0.25) is 0 Å². The van der Waals surface area contributed by atoms with Crippen molar-refractivity contribution in [2.45, 2.75) is 19.8 Å². The Morgan fingerprint density at radius 3 is 2.86 bits per heavy atom. The zero-order chi connectivity index (χ0) is 10.6. The van der Waals surface area contributed by atoms with Gasteiger partial charge in [0.25, 0.3) is 0 Å². The average molecular weight is 198 g/mol. The van der Waals surface area contributed by atoms with Crippen molar-refractivity contribution >= 4 is 17.6 Å². The van der Waals surface area contributed by atoms with Gasteiger partial charge in [-0.05, 0) is 6.92 Å². The van der Waals surface area contributed by atoms with E-state index in [-0.39, 0.29) is 24.1 Å². The third-order valence-electron chi connectivity index (χ3n) is 2.08. The fourth-order valence-corrected chi connectivity index (χ4v) is 1.28. The molecule has 1 heterocycles. The summed E-state index contributed by atoms with van der Waals surface area (Å²) in [6.07, 6.45) is 0.642. The maximum Gasteiger partial charge on any atom is 0.239 e. The van der Waals surface area contributed by atoms with Gasteiger partial charge in [0.05, 0.1) is 6.54 Å². The fraction of sp³-hybridized carbons (Fsp3) is 0.667. The molecule has 1 fully saturated rings. The van der Waals surface area contributed by atoms with Crippen LogP contribution < -0.4 is 5.32 Å². The van der Waals surface area contributed by atoms with Crippen LogP contribution in [-0.2, 0) is 14.4 Å². The lowest BCUT2D eigenvalue weighted by Gasteiger charge is -2.17. The van der Waals surface area contributed by atoms with Gasteiger partial charge in [-0.25, -0.2) is 0 Å². The molecule has 0 aliphatic carbocycles. The first-order valence-electron chi connectivity index (χ1n) is 4.63. The molecule has 14 heavy (non-hydrogen) atoms. The predicted molar refractivity (Wildman–Crippen MR) is 49.5 cm³/mol. The first-order valence-corrected chi connectivity index (χ1v) is 4.63. The van der Waals surface area contributed by atoms with E-state index in [9.17, 15) is 14.4 Å². The van der Waals surface area contributed by atoms with Crippen LogP contribution in [0.1, 0.15) is 19.8 Å². The number of hydrogen-bond donors (Lipinski definition) is 1. The fourth-order valence-electron chi connectivity index (χ4n) is 1.28. The molecule has 0 spiro atoms. The Hall–Kier alpha value is -1.39. The maximum atomic E-state index is 11.4. The maximum absolute atomic E-state index is 11.4. The van der Waals surface area contributed by atoms with Gasteiger partial charge in [0.1, 0.15) is 5.78 Å². The summed E-state index contributed by atoms with van der Waals surface area (Å²) in [6, 6.07) is 0. The zero-order valence-electron chi connectivity index (χ0n) is 8.21. The quantitative estimate of drug-likeness (QED) is 0.653. The lowest BCUT2D eigenvalue weighted by Crippen LogP contribution is -2.36. The van der Waals surface area contributed by atoms with Gasteiger partial charge in [-0.3, -0.25) is 14.4 Å². The van der Waals surface area contributed by atoms with Gasteiger partial charge >= 0.3 is 0 Å². The number of hydrogen-bond acceptors (Lipinski definition) is 3. The molecule has 0 unspecified atom stereocenters. The highest BCUT2D eigenvalue weighted by Gasteiger charge is 2.20. The molecule has 0 atom stereocenters. The second kappa shape index (κ2) is 4.74. The molecule has 2 amide bonds. The van der Waals surface area contributed by atoms with Gasteiger partial charge in [0, 0.05) is 25.9 Å². The third-order valence-corrected chi connectivity index (χ3v) is 2.08. The average Bonchev–Trinajstić information content (AvgIpc) is 2.25. The smallest absolute Gasteiger partial charge is 0.239 e. The van der Waals surface area contributed by atoms with Crippen molar-refractivity contribution in [2.24, 2.45) is 0 Å². The minimum Gasteiger partial charge on any atom is -0.354 e. The van der Waals surface area contributed by atoms with Crippen LogP contribution in [0.25, 0.3) is 0 Å². The van der Waals surface area contributed by atoms with E-state index < -0.39 is 0 Å². The molecule has 1 aliphatic heterocycles. The topological polar surface area (TPSA) is 66.5 Å². The number of ketones is 1. The van der Waals surface area contributed by atoms with Crippen molar-refractivity contribution in [1.82, 2.24) is 10.2 Å². The van der Waals surface area contributed by atoms with E-state index in [0.717, 1.165) is 0 Å². The first-order chi connectivity index (χ1) is 6.59. The molecule has 78 valence electrons. The second-order valence-corrected chi connectivity index (χ2v) is 3.37. The van der Waals surface area contributed by atoms with Crippen molar-refractivity contribution in [1.29, 1.82) is 0 Å². The Balaban J connectivity index is 2.50. The molecule has 0 bridgehead atoms. The summed E-state index contributed by atoms with van der Waals surface area (Å²) in [5.74, 6) is -0.188. The third kappa shape index (κ3) is 3.16. The molecule has 0 radical (unpaired) electrons. The molecule has 0 aromatic carbocycles. The lowest BCUT2D eigenvalue weighted by atomic mass is 10.3. The van der Waals surface area contributed by atoms with E-state index in [1.807, 2.05) is 0 Å². The van der Waals surface area contributed by atoms with Gasteiger partial charge < -0.3 is 10.2 Å². The molecular formula is C9H14N2O3. The molecular weight excluding hydrogens is 184 g/mol. The molecule has 5 nitrogen and oxygen atoms in total. The minimum absolute atomic E-state index is 0.0301. The van der Waals surface area contributed by atoms with Crippen LogP contribution in [0.15, 0.2) is 0 Å². The van der Waals surface area contributed by atoms with E-state index >= 15 is 0 Å². The second-order valence-electron chi connectivity index (χ2n) is 3.37. The van der Waals surface area contributed by atoms with Crippen molar-refractivity contribution in [3.8, 4) is 0 Å². The van der Waals surface area contributed by atoms with Gasteiger partial charge in [-0.15, -0.1) is 0 Å². The molecule has 0 aromatic heterocycles. The number of rotatable bonds is 3. The van der Waals surface area contributed by atoms with Crippen molar-refractivity contribution in [2.75, 3.05) is 19.6 Å². The molecule has 1 rings (SSSR count). The Morgan fingerprint density at radius 2 is 2.21 bits per heavy atom. The monoisotopic (exact) mass is 198 g/mol. The van der Waals surface area contributed by atoms with Crippen LogP contribution >= 0.6 is 0 Å². The minimum atomic E-state index is -0.153. The molecule has 1 saturated heterocycles. The number of carbonyl (C=O) groups is 3. The van der Waals surface area contributed by atoms with Gasteiger partial charge in [0.2, 0.25) is 11.8 Å². The van der Waals surface area contributed by atoms with Gasteiger partial charge in [0.15, 0.2) is 0 Å². The Labute approximate surface area is 82.4 Å². The summed E-state index contributed by atoms with van der Waals surface area (Å²) < 4.78 is 0. The number of carbonyl (C=O) groups excluding carboxylic acids is 3. The van der Waals surface area contributed by atoms with Crippen LogP contribution in [-0.4, -0.2) is 42.1 Å². The Kier molecular flexibility index (Phi) is 3.62. The molecule has 0 saturated carbocycles. The van der Waals surface area contributed by atoms with Crippen LogP contribution in [0.3, 0.4) is 0 Å². The Morgan fingerprint density at radius 1 is 1.50 bits per heavy atom. The standard InChI is InChI=1S/C9H14N2O3/c1-7(12)3-5-11-6-8(13)10-4-2-9(11)14/h2-6H2,1H3,(H,10,13). The lowest BCUT2D eigenvalue weighted by molar-refractivity contribution is -0.134. The normalized spacial score (nSPS) is 17.6. The van der Waals surface area contributed by atoms with Crippen molar-refractivity contribution < 1.29 is 14.4 Å². The highest BCUT2D eigenvalue weighted by Crippen LogP contribution is 2.00. The first kappa shape index (κ1) is 10.7. The summed E-state index contributed by atoms with van der Waals surface area (Å²) in [4.78, 5) is 34.6. The summed E-state index contributed by atoms with van der Waals surface area (Å²) in [7, 11) is 0. The molecule has 5 heteroatoms. The van der Waals surface area contributed by atoms with Crippen molar-refractivity contribution in [3.63, 3.8) is 0 Å². The van der Waals surface area contributed by atoms with Gasteiger partial charge in [-0.2, -0.15) is 0 Å². The number of nitrogens with zero attached hydrogens (tertiary/aromatic N) is 1. The van der Waals surface area contributed by atoms with Crippen molar-refractivity contribution in [3.05, 3.63) is 0 Å². The summed E-state index contributed by atoms with van der Waals surface area (Å²) in [5, 5.41) is 2.61. The van der Waals surface area contributed by atoms with Crippen LogP contribution in [0.4, 0.5) is 0 Å². The van der Waals surface area contributed by atoms with Crippen LogP contribution in [0, 0.1) is 0 Å². The van der Waals surface area contributed by atoms with Gasteiger partial charge in [-0.1, -0.05) is 0 Å². The molecule has 0 aromatic rings. The predicted octanol–water partition coefficient (Wildman–Crippen LogP) is -0.686. The molecule has 1 N–H and O–H groups in total.